The van der Waals surface area contributed by atoms with Gasteiger partial charge in [0, 0.05) is 17.9 Å². The van der Waals surface area contributed by atoms with Crippen LogP contribution in [0.15, 0.2) is 47.4 Å². The van der Waals surface area contributed by atoms with Crippen LogP contribution in [0.5, 0.6) is 0 Å². The number of amides is 1. The molecular weight excluding hydrogens is 403 g/mol. The van der Waals surface area contributed by atoms with Gasteiger partial charge in [0.2, 0.25) is 0 Å². The fourth-order valence-electron chi connectivity index (χ4n) is 2.84. The lowest BCUT2D eigenvalue weighted by Crippen LogP contribution is -2.18. The van der Waals surface area contributed by atoms with Gasteiger partial charge < -0.3 is 10.1 Å². The number of carbonyl (C=O) groups is 1. The molecule has 0 radical (unpaired) electrons. The molecular formula is C19H19FN2O4S2. The first-order valence-corrected chi connectivity index (χ1v) is 9.96. The normalized spacial score (nSPS) is 16.1. The quantitative estimate of drug-likeness (QED) is 0.799. The molecule has 1 saturated heterocycles. The molecule has 28 heavy (non-hydrogen) atoms. The van der Waals surface area contributed by atoms with Crippen molar-refractivity contribution in [2.24, 2.45) is 5.92 Å². The number of hydrogen-bond acceptors (Lipinski definition) is 5. The zero-order chi connectivity index (χ0) is 19.4. The summed E-state index contributed by atoms with van der Waals surface area (Å²) in [6.45, 7) is 0.982. The van der Waals surface area contributed by atoms with E-state index in [1.165, 1.54) is 36.4 Å². The summed E-state index contributed by atoms with van der Waals surface area (Å²) in [7, 11) is -3.54. The van der Waals surface area contributed by atoms with E-state index in [4.69, 9.17) is 10.00 Å². The lowest BCUT2D eigenvalue weighted by Gasteiger charge is -2.11. The lowest BCUT2D eigenvalue weighted by molar-refractivity contribution is 0.102. The van der Waals surface area contributed by atoms with Gasteiger partial charge in [0.1, 0.15) is 11.9 Å². The number of nitriles is 1. The maximum Gasteiger partial charge on any atom is 0.255 e. The molecule has 1 N–H and O–H groups in total. The van der Waals surface area contributed by atoms with Crippen LogP contribution in [-0.2, 0) is 14.6 Å². The second-order valence-electron chi connectivity index (χ2n) is 6.30. The van der Waals surface area contributed by atoms with Crippen molar-refractivity contribution in [2.75, 3.05) is 24.3 Å². The average Bonchev–Trinajstić information content (AvgIpc) is 3.15. The van der Waals surface area contributed by atoms with E-state index in [2.05, 4.69) is 5.32 Å². The van der Waals surface area contributed by atoms with Gasteiger partial charge in [0.25, 0.3) is 5.91 Å². The molecule has 2 aromatic carbocycles. The number of rotatable bonds is 5. The van der Waals surface area contributed by atoms with Gasteiger partial charge in [-0.15, -0.1) is 0 Å². The molecule has 148 valence electrons. The maximum atomic E-state index is 13.4. The average molecular weight is 423 g/mol. The van der Waals surface area contributed by atoms with Crippen molar-refractivity contribution in [3.63, 3.8) is 0 Å². The van der Waals surface area contributed by atoms with E-state index < -0.39 is 21.6 Å². The van der Waals surface area contributed by atoms with Crippen molar-refractivity contribution < 1.29 is 22.3 Å². The number of nitrogens with one attached hydrogen (secondary N) is 1. The number of sulfone groups is 1. The third-order valence-electron chi connectivity index (χ3n) is 4.28. The Morgan fingerprint density at radius 3 is 2.75 bits per heavy atom. The van der Waals surface area contributed by atoms with E-state index in [-0.39, 0.29) is 46.9 Å². The summed E-state index contributed by atoms with van der Waals surface area (Å²) in [5.74, 6) is -1.30. The second-order valence-corrected chi connectivity index (χ2v) is 8.33. The Labute approximate surface area is 169 Å². The third kappa shape index (κ3) is 5.10. The van der Waals surface area contributed by atoms with E-state index in [9.17, 15) is 17.6 Å². The Kier molecular flexibility index (Phi) is 7.18. The highest BCUT2D eigenvalue weighted by Gasteiger charge is 2.25. The van der Waals surface area contributed by atoms with Gasteiger partial charge in [-0.2, -0.15) is 18.8 Å². The van der Waals surface area contributed by atoms with Crippen LogP contribution in [0.3, 0.4) is 0 Å². The molecule has 9 heteroatoms. The number of ether oxygens (including phenoxy) is 1. The number of benzene rings is 2. The zero-order valence-electron chi connectivity index (χ0n) is 14.8. The van der Waals surface area contributed by atoms with Crippen LogP contribution < -0.4 is 5.32 Å². The highest BCUT2D eigenvalue weighted by atomic mass is 32.2. The zero-order valence-corrected chi connectivity index (χ0v) is 16.6. The first-order chi connectivity index (χ1) is 12.9. The molecule has 0 spiro atoms. The molecule has 1 atom stereocenters. The molecule has 0 aromatic heterocycles. The molecule has 1 fully saturated rings. The second kappa shape index (κ2) is 9.19. The monoisotopic (exact) mass is 422 g/mol. The van der Waals surface area contributed by atoms with E-state index >= 15 is 0 Å². The predicted octanol–water partition coefficient (Wildman–Crippen LogP) is 2.87. The van der Waals surface area contributed by atoms with Crippen LogP contribution in [0.4, 0.5) is 10.1 Å². The van der Waals surface area contributed by atoms with E-state index in [1.54, 1.807) is 6.07 Å². The van der Waals surface area contributed by atoms with Gasteiger partial charge in [-0.05, 0) is 48.7 Å². The Bertz CT molecular complexity index is 1010. The van der Waals surface area contributed by atoms with Crippen molar-refractivity contribution >= 4 is 34.9 Å². The van der Waals surface area contributed by atoms with Gasteiger partial charge in [0.15, 0.2) is 9.84 Å². The minimum atomic E-state index is -3.54. The third-order valence-corrected chi connectivity index (χ3v) is 6.16. The van der Waals surface area contributed by atoms with Crippen molar-refractivity contribution in [1.82, 2.24) is 0 Å². The first-order valence-electron chi connectivity index (χ1n) is 8.30. The summed E-state index contributed by atoms with van der Waals surface area (Å²) in [5, 5.41) is 11.4. The van der Waals surface area contributed by atoms with Gasteiger partial charge in [-0.3, -0.25) is 4.79 Å². The molecule has 0 unspecified atom stereocenters. The van der Waals surface area contributed by atoms with Crippen LogP contribution in [0.25, 0.3) is 0 Å². The molecule has 0 saturated carbocycles. The van der Waals surface area contributed by atoms with Crippen LogP contribution in [0, 0.1) is 23.1 Å². The minimum Gasteiger partial charge on any atom is -0.381 e. The molecule has 1 aliphatic rings. The standard InChI is InChI=1S/C19H17FN2O4S.H2S/c20-18-5-4-16(8-15(18)10-21)22-19(23)14-2-1-3-17(9-14)27(24,25)12-13-6-7-26-11-13;/h1-5,8-9,13H,6-7,11-12H2,(H,22,23);1H2/t13-;/m0./s1. The Balaban J connectivity index is 0.00000280. The summed E-state index contributed by atoms with van der Waals surface area (Å²) < 4.78 is 43.7. The Morgan fingerprint density at radius 2 is 2.07 bits per heavy atom. The SMILES string of the molecule is N#Cc1cc(NC(=O)c2cccc(S(=O)(=O)C[C@H]3CCOC3)c2)ccc1F.S. The topological polar surface area (TPSA) is 96.3 Å². The first kappa shape index (κ1) is 21.9. The summed E-state index contributed by atoms with van der Waals surface area (Å²) >= 11 is 0. The van der Waals surface area contributed by atoms with Crippen LogP contribution in [-0.4, -0.2) is 33.3 Å². The number of hydrogen-bond donors (Lipinski definition) is 1. The molecule has 1 heterocycles. The smallest absolute Gasteiger partial charge is 0.255 e. The van der Waals surface area contributed by atoms with Crippen molar-refractivity contribution in [1.29, 1.82) is 5.26 Å². The van der Waals surface area contributed by atoms with E-state index in [0.29, 0.717) is 19.6 Å². The molecule has 3 rings (SSSR count). The van der Waals surface area contributed by atoms with Crippen molar-refractivity contribution in [3.05, 3.63) is 59.4 Å². The lowest BCUT2D eigenvalue weighted by atomic mass is 10.1. The fourth-order valence-corrected chi connectivity index (χ4v) is 4.51. The number of nitrogens with zero attached hydrogens (tertiary/aromatic N) is 1. The maximum absolute atomic E-state index is 13.4. The van der Waals surface area contributed by atoms with E-state index in [1.807, 2.05) is 0 Å². The molecule has 1 amide bonds. The number of anilines is 1. The van der Waals surface area contributed by atoms with E-state index in [0.717, 1.165) is 6.07 Å². The van der Waals surface area contributed by atoms with Gasteiger partial charge >= 0.3 is 0 Å². The van der Waals surface area contributed by atoms with Gasteiger partial charge in [-0.1, -0.05) is 6.07 Å². The highest BCUT2D eigenvalue weighted by Crippen LogP contribution is 2.21. The Morgan fingerprint density at radius 1 is 1.29 bits per heavy atom. The highest BCUT2D eigenvalue weighted by molar-refractivity contribution is 7.91. The van der Waals surface area contributed by atoms with Crippen LogP contribution >= 0.6 is 13.5 Å². The fraction of sp³-hybridized carbons (Fsp3) is 0.263. The summed E-state index contributed by atoms with van der Waals surface area (Å²) in [5.41, 5.74) is 0.207. The van der Waals surface area contributed by atoms with Gasteiger partial charge in [0.05, 0.1) is 22.8 Å². The number of halogens is 1. The molecule has 2 aromatic rings. The molecule has 0 aliphatic carbocycles. The molecule has 1 aliphatic heterocycles. The van der Waals surface area contributed by atoms with Crippen LogP contribution in [0.1, 0.15) is 22.3 Å². The summed E-state index contributed by atoms with van der Waals surface area (Å²) in [6, 6.07) is 11.1. The predicted molar refractivity (Wildman–Crippen MR) is 107 cm³/mol. The molecule has 6 nitrogen and oxygen atoms in total. The van der Waals surface area contributed by atoms with Gasteiger partial charge in [-0.25, -0.2) is 12.8 Å². The van der Waals surface area contributed by atoms with Crippen molar-refractivity contribution in [2.45, 2.75) is 11.3 Å². The van der Waals surface area contributed by atoms with Crippen LogP contribution in [0.2, 0.25) is 0 Å². The van der Waals surface area contributed by atoms with Crippen molar-refractivity contribution in [3.8, 4) is 6.07 Å². The minimum absolute atomic E-state index is 0. The summed E-state index contributed by atoms with van der Waals surface area (Å²) in [4.78, 5) is 12.5. The summed E-state index contributed by atoms with van der Waals surface area (Å²) in [6.07, 6.45) is 0.700. The largest absolute Gasteiger partial charge is 0.381 e. The molecule has 0 bridgehead atoms. The Hall–Kier alpha value is -2.41. The number of carbonyl (C=O) groups excluding carboxylic acids is 1.